The van der Waals surface area contributed by atoms with Crippen molar-refractivity contribution >= 4 is 39.8 Å². The van der Waals surface area contributed by atoms with E-state index in [-0.39, 0.29) is 5.78 Å². The lowest BCUT2D eigenvalue weighted by atomic mass is 10.00. The second kappa shape index (κ2) is 10.2. The molecule has 1 N–H and O–H groups in total. The number of carbonyl (C=O) groups excluding carboxylic acids is 1. The highest BCUT2D eigenvalue weighted by Crippen LogP contribution is 2.30. The summed E-state index contributed by atoms with van der Waals surface area (Å²) in [5.74, 6) is 0.473. The first-order chi connectivity index (χ1) is 15.3. The number of rotatable bonds is 9. The normalized spacial score (nSPS) is 12.7. The summed E-state index contributed by atoms with van der Waals surface area (Å²) >= 11 is 0. The van der Waals surface area contributed by atoms with Crippen molar-refractivity contribution in [1.29, 1.82) is 0 Å². The Morgan fingerprint density at radius 2 is 2.06 bits per heavy atom. The minimum atomic E-state index is -0.396. The van der Waals surface area contributed by atoms with Crippen molar-refractivity contribution in [1.82, 2.24) is 14.8 Å². The number of oxazole rings is 1. The number of ketones is 1. The molecule has 0 spiro atoms. The van der Waals surface area contributed by atoms with Crippen LogP contribution in [0.25, 0.3) is 17.0 Å². The van der Waals surface area contributed by atoms with E-state index in [9.17, 15) is 4.79 Å². The van der Waals surface area contributed by atoms with Crippen molar-refractivity contribution in [2.24, 2.45) is 0 Å². The van der Waals surface area contributed by atoms with Crippen LogP contribution in [-0.2, 0) is 0 Å². The van der Waals surface area contributed by atoms with Crippen LogP contribution in [0.2, 0.25) is 0 Å². The first kappa shape index (κ1) is 23.2. The molecule has 1 aromatic carbocycles. The summed E-state index contributed by atoms with van der Waals surface area (Å²) in [7, 11) is 8.64. The van der Waals surface area contributed by atoms with Gasteiger partial charge in [-0.25, -0.2) is 9.67 Å². The Labute approximate surface area is 191 Å². The molecule has 2 radical (unpaired) electrons. The molecule has 0 aliphatic carbocycles. The first-order valence-electron chi connectivity index (χ1n) is 9.93. The van der Waals surface area contributed by atoms with Crippen molar-refractivity contribution in [3.63, 3.8) is 0 Å². The predicted molar refractivity (Wildman–Crippen MR) is 134 cm³/mol. The number of carbonyl (C=O) groups is 1. The van der Waals surface area contributed by atoms with E-state index in [1.54, 1.807) is 22.9 Å². The van der Waals surface area contributed by atoms with Gasteiger partial charge in [-0.15, -0.1) is 9.24 Å². The van der Waals surface area contributed by atoms with Gasteiger partial charge in [0.2, 0.25) is 5.89 Å². The second-order valence-electron chi connectivity index (χ2n) is 7.00. The van der Waals surface area contributed by atoms with Gasteiger partial charge >= 0.3 is 0 Å². The molecule has 3 rings (SSSR count). The van der Waals surface area contributed by atoms with E-state index < -0.39 is 5.56 Å². The summed E-state index contributed by atoms with van der Waals surface area (Å²) in [6.45, 7) is 11.3. The third-order valence-electron chi connectivity index (χ3n) is 4.59. The van der Waals surface area contributed by atoms with Gasteiger partial charge in [-0.05, 0) is 43.7 Å². The molecule has 0 saturated heterocycles. The molecule has 0 saturated carbocycles. The number of nitrogens with one attached hydrogen (secondary N) is 1. The summed E-state index contributed by atoms with van der Waals surface area (Å²) in [6.07, 6.45) is 10.6. The summed E-state index contributed by atoms with van der Waals surface area (Å²) in [4.78, 5) is 16.0. The molecule has 2 unspecified atom stereocenters. The van der Waals surface area contributed by atoms with Crippen LogP contribution in [0.1, 0.15) is 47.0 Å². The van der Waals surface area contributed by atoms with Gasteiger partial charge in [-0.3, -0.25) is 4.79 Å². The quantitative estimate of drug-likeness (QED) is 0.210. The van der Waals surface area contributed by atoms with Gasteiger partial charge < -0.3 is 9.73 Å². The predicted octanol–water partition coefficient (Wildman–Crippen LogP) is 5.33. The average molecular weight is 442 g/mol. The SMILES string of the molecule is [B]C(P)c1nn(-c2ccc(C(C)=O)cc2)cc1NC(=C)c1coc(C(/C=C\C)=C/C=C)n1. The number of anilines is 1. The molecular weight excluding hydrogens is 418 g/mol. The molecule has 2 atom stereocenters. The number of allylic oxidation sites excluding steroid dienone is 5. The third kappa shape index (κ3) is 5.24. The number of hydrogen-bond acceptors (Lipinski definition) is 5. The van der Waals surface area contributed by atoms with E-state index in [1.165, 1.54) is 13.2 Å². The van der Waals surface area contributed by atoms with Crippen LogP contribution in [0.3, 0.4) is 0 Å². The number of nitrogens with zero attached hydrogens (tertiary/aromatic N) is 3. The number of benzene rings is 1. The zero-order valence-corrected chi connectivity index (χ0v) is 19.2. The molecule has 6 nitrogen and oxygen atoms in total. The maximum Gasteiger partial charge on any atom is 0.226 e. The van der Waals surface area contributed by atoms with Gasteiger partial charge in [0.05, 0.1) is 36.8 Å². The Bertz CT molecular complexity index is 1200. The highest BCUT2D eigenvalue weighted by atomic mass is 31.0. The Morgan fingerprint density at radius 3 is 2.66 bits per heavy atom. The van der Waals surface area contributed by atoms with Gasteiger partial charge in [-0.1, -0.05) is 37.5 Å². The standard InChI is InChI=1S/C24H24BN4O2P/c1-5-7-18(8-6-2)24-27-21(14-31-24)15(3)26-20-13-29(28-22(20)23(25)32)19-11-9-17(10-12-19)16(4)30/h5-14,23,26H,1,3,32H2,2,4H3/b8-6-,18-7+. The van der Waals surface area contributed by atoms with E-state index in [0.29, 0.717) is 34.2 Å². The minimum absolute atomic E-state index is 0.0100. The fourth-order valence-electron chi connectivity index (χ4n) is 2.99. The summed E-state index contributed by atoms with van der Waals surface area (Å²) in [5.41, 5.74) is 4.27. The minimum Gasteiger partial charge on any atom is -0.444 e. The number of Topliss-reactive ketones (excluding diaryl/α,β-unsaturated/α-hetero) is 1. The number of hydrogen-bond donors (Lipinski definition) is 1. The first-order valence-corrected chi connectivity index (χ1v) is 10.6. The fourth-order valence-corrected chi connectivity index (χ4v) is 3.23. The summed E-state index contributed by atoms with van der Waals surface area (Å²) in [6, 6.07) is 7.20. The molecule has 3 aromatic rings. The van der Waals surface area contributed by atoms with Crippen LogP contribution in [0.5, 0.6) is 0 Å². The molecule has 2 aromatic heterocycles. The van der Waals surface area contributed by atoms with E-state index >= 15 is 0 Å². The van der Waals surface area contributed by atoms with Gasteiger partial charge in [-0.2, -0.15) is 5.10 Å². The highest BCUT2D eigenvalue weighted by molar-refractivity contribution is 7.20. The van der Waals surface area contributed by atoms with E-state index in [0.717, 1.165) is 11.3 Å². The van der Waals surface area contributed by atoms with Crippen LogP contribution in [0.15, 0.2) is 78.6 Å². The topological polar surface area (TPSA) is 73.0 Å². The van der Waals surface area contributed by atoms with Crippen molar-refractivity contribution in [3.05, 3.63) is 97.0 Å². The molecule has 0 amide bonds. The molecule has 2 heterocycles. The van der Waals surface area contributed by atoms with Gasteiger partial charge in [0.25, 0.3) is 0 Å². The van der Waals surface area contributed by atoms with Crippen molar-refractivity contribution in [3.8, 4) is 5.69 Å². The van der Waals surface area contributed by atoms with Crippen LogP contribution < -0.4 is 5.32 Å². The zero-order valence-electron chi connectivity index (χ0n) is 18.1. The zero-order chi connectivity index (χ0) is 23.3. The third-order valence-corrected chi connectivity index (χ3v) is 4.90. The maximum absolute atomic E-state index is 11.5. The lowest BCUT2D eigenvalue weighted by Gasteiger charge is -2.08. The summed E-state index contributed by atoms with van der Waals surface area (Å²) < 4.78 is 7.32. The van der Waals surface area contributed by atoms with Gasteiger partial charge in [0.1, 0.15) is 12.0 Å². The van der Waals surface area contributed by atoms with Crippen molar-refractivity contribution in [2.75, 3.05) is 5.32 Å². The van der Waals surface area contributed by atoms with Crippen LogP contribution in [0, 0.1) is 0 Å². The Balaban J connectivity index is 1.87. The van der Waals surface area contributed by atoms with Gasteiger partial charge in [0, 0.05) is 11.1 Å². The van der Waals surface area contributed by atoms with Crippen LogP contribution in [-0.4, -0.2) is 28.4 Å². The molecule has 0 fully saturated rings. The largest absolute Gasteiger partial charge is 0.444 e. The molecule has 8 heteroatoms. The smallest absolute Gasteiger partial charge is 0.226 e. The molecular formula is C24H24BN4O2P. The Morgan fingerprint density at radius 1 is 1.34 bits per heavy atom. The Kier molecular flexibility index (Phi) is 7.44. The van der Waals surface area contributed by atoms with Crippen LogP contribution in [0.4, 0.5) is 5.69 Å². The second-order valence-corrected chi connectivity index (χ2v) is 7.72. The van der Waals surface area contributed by atoms with Gasteiger partial charge in [0.15, 0.2) is 5.78 Å². The Hall–Kier alpha value is -3.44. The van der Waals surface area contributed by atoms with E-state index in [2.05, 4.69) is 37.8 Å². The monoisotopic (exact) mass is 442 g/mol. The number of aromatic nitrogens is 3. The fraction of sp³-hybridized carbons (Fsp3) is 0.125. The van der Waals surface area contributed by atoms with Crippen molar-refractivity contribution < 1.29 is 9.21 Å². The summed E-state index contributed by atoms with van der Waals surface area (Å²) in [5, 5.41) is 7.83. The van der Waals surface area contributed by atoms with Crippen LogP contribution >= 0.6 is 9.24 Å². The van der Waals surface area contributed by atoms with E-state index in [1.807, 2.05) is 43.5 Å². The molecule has 0 aliphatic rings. The lowest BCUT2D eigenvalue weighted by Crippen LogP contribution is -2.01. The molecule has 0 bridgehead atoms. The highest BCUT2D eigenvalue weighted by Gasteiger charge is 2.16. The lowest BCUT2D eigenvalue weighted by molar-refractivity contribution is 0.101. The van der Waals surface area contributed by atoms with E-state index in [4.69, 9.17) is 12.3 Å². The molecule has 0 aliphatic heterocycles. The maximum atomic E-state index is 11.5. The van der Waals surface area contributed by atoms with Crippen molar-refractivity contribution in [2.45, 2.75) is 19.4 Å². The molecule has 32 heavy (non-hydrogen) atoms. The average Bonchev–Trinajstić information content (AvgIpc) is 3.41. The molecule has 160 valence electrons.